The quantitative estimate of drug-likeness (QED) is 0.505. The Morgan fingerprint density at radius 2 is 1.24 bits per heavy atom. The van der Waals surface area contributed by atoms with Crippen LogP contribution in [0.15, 0.2) is 36.4 Å². The molecule has 0 aromatic heterocycles. The highest BCUT2D eigenvalue weighted by Gasteiger charge is 2.52. The second-order valence-electron chi connectivity index (χ2n) is 4.96. The first kappa shape index (κ1) is 10.8. The molecule has 0 bridgehead atoms. The van der Waals surface area contributed by atoms with Gasteiger partial charge in [0.05, 0.1) is 0 Å². The van der Waals surface area contributed by atoms with Crippen LogP contribution in [-0.4, -0.2) is 0 Å². The van der Waals surface area contributed by atoms with Crippen molar-refractivity contribution in [2.24, 2.45) is 0 Å². The van der Waals surface area contributed by atoms with Gasteiger partial charge in [0.2, 0.25) is 0 Å². The van der Waals surface area contributed by atoms with E-state index in [1.807, 2.05) is 0 Å². The smallest absolute Gasteiger partial charge is 0.0216 e. The molecule has 0 aliphatic heterocycles. The van der Waals surface area contributed by atoms with Crippen LogP contribution >= 0.6 is 45.2 Å². The lowest BCUT2D eigenvalue weighted by atomic mass is 9.94. The predicted octanol–water partition coefficient (Wildman–Crippen LogP) is 4.96. The van der Waals surface area contributed by atoms with Crippen LogP contribution in [0.5, 0.6) is 0 Å². The zero-order chi connectivity index (χ0) is 11.6. The van der Waals surface area contributed by atoms with Gasteiger partial charge in [-0.25, -0.2) is 0 Å². The second kappa shape index (κ2) is 3.47. The summed E-state index contributed by atoms with van der Waals surface area (Å²) in [6.07, 6.45) is 2.65. The average molecular weight is 444 g/mol. The molecule has 2 aromatic carbocycles. The monoisotopic (exact) mass is 444 g/mol. The van der Waals surface area contributed by atoms with Crippen molar-refractivity contribution in [2.75, 3.05) is 0 Å². The summed E-state index contributed by atoms with van der Waals surface area (Å²) in [5, 5.41) is 0. The molecule has 0 atom stereocenters. The Hall–Kier alpha value is -0.100. The standard InChI is InChI=1S/C15H10I2/c16-9-1-3-11-12-4-2-10(17)8-14(12)15(5-6-15)13(11)7-9/h1-4,7-8H,5-6H2. The van der Waals surface area contributed by atoms with Crippen LogP contribution in [0, 0.1) is 7.14 Å². The molecule has 2 aliphatic carbocycles. The Bertz CT molecular complexity index is 586. The highest BCUT2D eigenvalue weighted by atomic mass is 127. The topological polar surface area (TPSA) is 0 Å². The van der Waals surface area contributed by atoms with E-state index in [4.69, 9.17) is 0 Å². The van der Waals surface area contributed by atoms with Gasteiger partial charge in [0.15, 0.2) is 0 Å². The Labute approximate surface area is 128 Å². The van der Waals surface area contributed by atoms with E-state index in [9.17, 15) is 0 Å². The molecule has 2 aliphatic rings. The first-order chi connectivity index (χ1) is 8.21. The van der Waals surface area contributed by atoms with Gasteiger partial charge < -0.3 is 0 Å². The molecule has 2 aromatic rings. The van der Waals surface area contributed by atoms with Crippen LogP contribution in [0.4, 0.5) is 0 Å². The SMILES string of the molecule is Ic1ccc2c(c1)C1(CC1)c1cc(I)ccc1-2. The van der Waals surface area contributed by atoms with Gasteiger partial charge in [0.1, 0.15) is 0 Å². The third kappa shape index (κ3) is 1.40. The lowest BCUT2D eigenvalue weighted by Crippen LogP contribution is -2.03. The number of fused-ring (bicyclic) bond motifs is 5. The second-order valence-corrected chi connectivity index (χ2v) is 7.45. The average Bonchev–Trinajstić information content (AvgIpc) is 3.06. The van der Waals surface area contributed by atoms with Crippen molar-refractivity contribution in [3.63, 3.8) is 0 Å². The van der Waals surface area contributed by atoms with E-state index in [0.717, 1.165) is 0 Å². The van der Waals surface area contributed by atoms with Crippen molar-refractivity contribution < 1.29 is 0 Å². The lowest BCUT2D eigenvalue weighted by Gasteiger charge is -2.10. The summed E-state index contributed by atoms with van der Waals surface area (Å²) >= 11 is 4.84. The minimum atomic E-state index is 0.382. The van der Waals surface area contributed by atoms with E-state index >= 15 is 0 Å². The number of halogens is 2. The van der Waals surface area contributed by atoms with Crippen molar-refractivity contribution in [3.8, 4) is 11.1 Å². The molecule has 0 heterocycles. The zero-order valence-electron chi connectivity index (χ0n) is 9.13. The molecule has 1 saturated carbocycles. The fourth-order valence-electron chi connectivity index (χ4n) is 3.10. The van der Waals surface area contributed by atoms with Crippen LogP contribution in [-0.2, 0) is 5.41 Å². The van der Waals surface area contributed by atoms with Crippen molar-refractivity contribution in [2.45, 2.75) is 18.3 Å². The number of hydrogen-bond acceptors (Lipinski definition) is 0. The fourth-order valence-corrected chi connectivity index (χ4v) is 4.09. The number of rotatable bonds is 0. The van der Waals surface area contributed by atoms with Gasteiger partial charge in [0, 0.05) is 12.6 Å². The third-order valence-electron chi connectivity index (χ3n) is 4.03. The minimum absolute atomic E-state index is 0.382. The van der Waals surface area contributed by atoms with E-state index in [0.29, 0.717) is 5.41 Å². The molecule has 1 spiro atoms. The van der Waals surface area contributed by atoms with E-state index in [1.165, 1.54) is 31.1 Å². The normalized spacial score (nSPS) is 18.0. The van der Waals surface area contributed by atoms with E-state index in [1.54, 1.807) is 11.1 Å². The van der Waals surface area contributed by atoms with E-state index < -0.39 is 0 Å². The maximum atomic E-state index is 2.42. The molecule has 0 unspecified atom stereocenters. The zero-order valence-corrected chi connectivity index (χ0v) is 13.4. The summed E-state index contributed by atoms with van der Waals surface area (Å²) in [7, 11) is 0. The van der Waals surface area contributed by atoms with E-state index in [2.05, 4.69) is 81.6 Å². The van der Waals surface area contributed by atoms with Crippen molar-refractivity contribution in [3.05, 3.63) is 54.7 Å². The first-order valence-electron chi connectivity index (χ1n) is 5.81. The summed E-state index contributed by atoms with van der Waals surface area (Å²) in [5.74, 6) is 0. The molecular weight excluding hydrogens is 434 g/mol. The predicted molar refractivity (Wildman–Crippen MR) is 87.3 cm³/mol. The highest BCUT2D eigenvalue weighted by molar-refractivity contribution is 14.1. The molecule has 0 saturated heterocycles. The lowest BCUT2D eigenvalue weighted by molar-refractivity contribution is 0.877. The third-order valence-corrected chi connectivity index (χ3v) is 5.38. The van der Waals surface area contributed by atoms with Crippen LogP contribution in [0.25, 0.3) is 11.1 Å². The molecule has 84 valence electrons. The van der Waals surface area contributed by atoms with Crippen LogP contribution in [0.3, 0.4) is 0 Å². The van der Waals surface area contributed by atoms with Crippen molar-refractivity contribution in [1.29, 1.82) is 0 Å². The maximum Gasteiger partial charge on any atom is 0.0216 e. The number of hydrogen-bond donors (Lipinski definition) is 0. The molecule has 17 heavy (non-hydrogen) atoms. The summed E-state index contributed by atoms with van der Waals surface area (Å²) in [5.41, 5.74) is 6.46. The van der Waals surface area contributed by atoms with Crippen molar-refractivity contribution >= 4 is 45.2 Å². The van der Waals surface area contributed by atoms with Gasteiger partial charge in [-0.2, -0.15) is 0 Å². The summed E-state index contributed by atoms with van der Waals surface area (Å²) in [6, 6.07) is 13.8. The maximum absolute atomic E-state index is 2.42. The van der Waals surface area contributed by atoms with Gasteiger partial charge in [-0.3, -0.25) is 0 Å². The molecule has 0 amide bonds. The Morgan fingerprint density at radius 3 is 1.65 bits per heavy atom. The Morgan fingerprint density at radius 1 is 0.765 bits per heavy atom. The van der Waals surface area contributed by atoms with Gasteiger partial charge in [-0.1, -0.05) is 12.1 Å². The molecule has 1 fully saturated rings. The van der Waals surface area contributed by atoms with E-state index in [-0.39, 0.29) is 0 Å². The Balaban J connectivity index is 2.09. The molecule has 4 rings (SSSR count). The van der Waals surface area contributed by atoms with Crippen molar-refractivity contribution in [1.82, 2.24) is 0 Å². The van der Waals surface area contributed by atoms with Gasteiger partial charge in [0.25, 0.3) is 0 Å². The largest absolute Gasteiger partial charge is 0.0530 e. The summed E-state index contributed by atoms with van der Waals surface area (Å²) < 4.78 is 2.71. The van der Waals surface area contributed by atoms with Crippen LogP contribution < -0.4 is 0 Å². The Kier molecular flexibility index (Phi) is 2.20. The van der Waals surface area contributed by atoms with Gasteiger partial charge in [-0.15, -0.1) is 0 Å². The molecule has 0 N–H and O–H groups in total. The minimum Gasteiger partial charge on any atom is -0.0530 e. The summed E-state index contributed by atoms with van der Waals surface area (Å²) in [4.78, 5) is 0. The fraction of sp³-hybridized carbons (Fsp3) is 0.200. The van der Waals surface area contributed by atoms with Gasteiger partial charge >= 0.3 is 0 Å². The molecule has 0 radical (unpaired) electrons. The van der Waals surface area contributed by atoms with Crippen LogP contribution in [0.2, 0.25) is 0 Å². The molecular formula is C15H10I2. The number of benzene rings is 2. The highest BCUT2D eigenvalue weighted by Crippen LogP contribution is 2.62. The molecule has 2 heteroatoms. The molecule has 0 nitrogen and oxygen atoms in total. The van der Waals surface area contributed by atoms with Gasteiger partial charge in [-0.05, 0) is 105 Å². The summed E-state index contributed by atoms with van der Waals surface area (Å²) in [6.45, 7) is 0. The first-order valence-corrected chi connectivity index (χ1v) is 7.97. The van der Waals surface area contributed by atoms with Crippen LogP contribution in [0.1, 0.15) is 24.0 Å².